The van der Waals surface area contributed by atoms with E-state index in [9.17, 15) is 4.79 Å². The van der Waals surface area contributed by atoms with Crippen molar-refractivity contribution in [1.82, 2.24) is 0 Å². The predicted octanol–water partition coefficient (Wildman–Crippen LogP) is 1.22. The minimum absolute atomic E-state index is 0.183. The average Bonchev–Trinajstić information content (AvgIpc) is 2.46. The first-order valence-corrected chi connectivity index (χ1v) is 3.65. The van der Waals surface area contributed by atoms with E-state index < -0.39 is 0 Å². The molecule has 2 heteroatoms. The molecule has 2 N–H and O–H groups in total. The first-order chi connectivity index (χ1) is 4.68. The van der Waals surface area contributed by atoms with Crippen molar-refractivity contribution in [2.24, 2.45) is 11.7 Å². The van der Waals surface area contributed by atoms with Crippen molar-refractivity contribution in [2.45, 2.75) is 26.2 Å². The van der Waals surface area contributed by atoms with Crippen LogP contribution in [0.25, 0.3) is 0 Å². The fraction of sp³-hybridized carbons (Fsp3) is 0.625. The second-order valence-electron chi connectivity index (χ2n) is 3.00. The molecule has 0 unspecified atom stereocenters. The van der Waals surface area contributed by atoms with Crippen LogP contribution >= 0.6 is 0 Å². The molecule has 2 nitrogen and oxygen atoms in total. The van der Waals surface area contributed by atoms with Gasteiger partial charge in [0.05, 0.1) is 0 Å². The van der Waals surface area contributed by atoms with Crippen LogP contribution < -0.4 is 5.73 Å². The Morgan fingerprint density at radius 1 is 1.70 bits per heavy atom. The third-order valence-electron chi connectivity index (χ3n) is 1.58. The van der Waals surface area contributed by atoms with Crippen molar-refractivity contribution in [3.63, 3.8) is 0 Å². The normalized spacial score (nSPS) is 19.1. The number of nitrogens with two attached hydrogens (primary N) is 1. The van der Waals surface area contributed by atoms with E-state index >= 15 is 0 Å². The van der Waals surface area contributed by atoms with Crippen LogP contribution in [0.1, 0.15) is 26.2 Å². The zero-order valence-corrected chi connectivity index (χ0v) is 6.26. The molecule has 1 aliphatic rings. The van der Waals surface area contributed by atoms with E-state index in [-0.39, 0.29) is 5.78 Å². The zero-order valence-electron chi connectivity index (χ0n) is 6.26. The van der Waals surface area contributed by atoms with Gasteiger partial charge in [0.25, 0.3) is 0 Å². The first-order valence-electron chi connectivity index (χ1n) is 3.65. The van der Waals surface area contributed by atoms with Gasteiger partial charge in [-0.2, -0.15) is 0 Å². The molecule has 56 valence electrons. The Morgan fingerprint density at radius 2 is 2.30 bits per heavy atom. The molecule has 1 rings (SSSR count). The first kappa shape index (κ1) is 7.32. The van der Waals surface area contributed by atoms with Crippen molar-refractivity contribution < 1.29 is 4.79 Å². The van der Waals surface area contributed by atoms with Gasteiger partial charge < -0.3 is 5.73 Å². The van der Waals surface area contributed by atoms with Gasteiger partial charge in [-0.25, -0.2) is 0 Å². The number of ketones is 1. The van der Waals surface area contributed by atoms with Gasteiger partial charge in [0.15, 0.2) is 5.78 Å². The Bertz CT molecular complexity index is 164. The maximum Gasteiger partial charge on any atom is 0.157 e. The van der Waals surface area contributed by atoms with Crippen LogP contribution in [0.4, 0.5) is 0 Å². The summed E-state index contributed by atoms with van der Waals surface area (Å²) in [4.78, 5) is 10.9. The number of hydrogen-bond donors (Lipinski definition) is 1. The van der Waals surface area contributed by atoms with Gasteiger partial charge >= 0.3 is 0 Å². The molecule has 0 aromatic heterocycles. The van der Waals surface area contributed by atoms with E-state index in [1.54, 1.807) is 6.92 Å². The molecule has 0 radical (unpaired) electrons. The molecule has 1 aliphatic carbocycles. The highest BCUT2D eigenvalue weighted by atomic mass is 16.1. The van der Waals surface area contributed by atoms with E-state index in [1.807, 2.05) is 0 Å². The van der Waals surface area contributed by atoms with Gasteiger partial charge in [0, 0.05) is 12.1 Å². The summed E-state index contributed by atoms with van der Waals surface area (Å²) in [7, 11) is 0. The predicted molar refractivity (Wildman–Crippen MR) is 40.3 cm³/mol. The SMILES string of the molecule is CC(N)=CC(=O)CC1CC1. The van der Waals surface area contributed by atoms with E-state index in [1.165, 1.54) is 18.9 Å². The highest BCUT2D eigenvalue weighted by Gasteiger charge is 2.23. The lowest BCUT2D eigenvalue weighted by atomic mass is 10.2. The van der Waals surface area contributed by atoms with Crippen molar-refractivity contribution in [3.8, 4) is 0 Å². The molecule has 1 saturated carbocycles. The lowest BCUT2D eigenvalue weighted by Gasteiger charge is -1.91. The molecule has 0 bridgehead atoms. The summed E-state index contributed by atoms with van der Waals surface area (Å²) in [5, 5.41) is 0. The van der Waals surface area contributed by atoms with Gasteiger partial charge in [-0.05, 0) is 31.8 Å². The van der Waals surface area contributed by atoms with Gasteiger partial charge in [-0.1, -0.05) is 0 Å². The fourth-order valence-corrected chi connectivity index (χ4v) is 0.919. The van der Waals surface area contributed by atoms with E-state index in [0.717, 1.165) is 0 Å². The molecule has 0 amide bonds. The Hall–Kier alpha value is -0.790. The number of allylic oxidation sites excluding steroid dienone is 2. The van der Waals surface area contributed by atoms with E-state index in [2.05, 4.69) is 0 Å². The van der Waals surface area contributed by atoms with Crippen molar-refractivity contribution in [2.75, 3.05) is 0 Å². The molecular formula is C8H13NO. The summed E-state index contributed by atoms with van der Waals surface area (Å²) in [6.45, 7) is 1.74. The van der Waals surface area contributed by atoms with Crippen molar-refractivity contribution in [3.05, 3.63) is 11.8 Å². The van der Waals surface area contributed by atoms with Gasteiger partial charge in [-0.3, -0.25) is 4.79 Å². The van der Waals surface area contributed by atoms with Crippen LogP contribution in [-0.2, 0) is 4.79 Å². The number of carbonyl (C=O) groups is 1. The number of carbonyl (C=O) groups excluding carboxylic acids is 1. The van der Waals surface area contributed by atoms with Crippen LogP contribution in [0.3, 0.4) is 0 Å². The second kappa shape index (κ2) is 2.86. The van der Waals surface area contributed by atoms with E-state index in [4.69, 9.17) is 5.73 Å². The molecule has 1 fully saturated rings. The van der Waals surface area contributed by atoms with Crippen LogP contribution in [0, 0.1) is 5.92 Å². The lowest BCUT2D eigenvalue weighted by Crippen LogP contribution is -1.99. The fourth-order valence-electron chi connectivity index (χ4n) is 0.919. The zero-order chi connectivity index (χ0) is 7.56. The monoisotopic (exact) mass is 139 g/mol. The molecule has 0 aliphatic heterocycles. The van der Waals surface area contributed by atoms with Crippen LogP contribution in [0.2, 0.25) is 0 Å². The van der Waals surface area contributed by atoms with Crippen LogP contribution in [0.5, 0.6) is 0 Å². The van der Waals surface area contributed by atoms with Gasteiger partial charge in [0.1, 0.15) is 0 Å². The highest BCUT2D eigenvalue weighted by Crippen LogP contribution is 2.32. The Morgan fingerprint density at radius 3 is 2.70 bits per heavy atom. The minimum atomic E-state index is 0.183. The molecule has 0 saturated heterocycles. The highest BCUT2D eigenvalue weighted by molar-refractivity contribution is 5.90. The summed E-state index contributed by atoms with van der Waals surface area (Å²) in [5.41, 5.74) is 5.95. The lowest BCUT2D eigenvalue weighted by molar-refractivity contribution is -0.114. The maximum atomic E-state index is 10.9. The van der Waals surface area contributed by atoms with E-state index in [0.29, 0.717) is 18.0 Å². The third-order valence-corrected chi connectivity index (χ3v) is 1.58. The maximum absolute atomic E-state index is 10.9. The van der Waals surface area contributed by atoms with Crippen molar-refractivity contribution >= 4 is 5.78 Å². The molecule has 0 aromatic carbocycles. The smallest absolute Gasteiger partial charge is 0.157 e. The van der Waals surface area contributed by atoms with Crippen LogP contribution in [0.15, 0.2) is 11.8 Å². The van der Waals surface area contributed by atoms with Gasteiger partial charge in [-0.15, -0.1) is 0 Å². The molecule has 0 atom stereocenters. The number of hydrogen-bond acceptors (Lipinski definition) is 2. The molecule has 0 heterocycles. The minimum Gasteiger partial charge on any atom is -0.402 e. The Kier molecular flexibility index (Phi) is 2.10. The molecule has 0 aromatic rings. The Labute approximate surface area is 61.1 Å². The molecule has 10 heavy (non-hydrogen) atoms. The summed E-state index contributed by atoms with van der Waals surface area (Å²) in [5.74, 6) is 0.852. The standard InChI is InChI=1S/C8H13NO/c1-6(9)4-8(10)5-7-2-3-7/h4,7H,2-3,5,9H2,1H3. The topological polar surface area (TPSA) is 43.1 Å². The summed E-state index contributed by atoms with van der Waals surface area (Å²) >= 11 is 0. The average molecular weight is 139 g/mol. The summed E-state index contributed by atoms with van der Waals surface area (Å²) in [6, 6.07) is 0. The molecular weight excluding hydrogens is 126 g/mol. The number of rotatable bonds is 3. The summed E-state index contributed by atoms with van der Waals surface area (Å²) < 4.78 is 0. The van der Waals surface area contributed by atoms with Crippen LogP contribution in [-0.4, -0.2) is 5.78 Å². The largest absolute Gasteiger partial charge is 0.402 e. The Balaban J connectivity index is 2.26. The van der Waals surface area contributed by atoms with Gasteiger partial charge in [0.2, 0.25) is 0 Å². The quantitative estimate of drug-likeness (QED) is 0.597. The molecule has 0 spiro atoms. The third kappa shape index (κ3) is 2.67. The summed E-state index contributed by atoms with van der Waals surface area (Å²) in [6.07, 6.45) is 4.68. The second-order valence-corrected chi connectivity index (χ2v) is 3.00. The van der Waals surface area contributed by atoms with Crippen molar-refractivity contribution in [1.29, 1.82) is 0 Å².